The van der Waals surface area contributed by atoms with E-state index in [1.165, 1.54) is 18.9 Å². The van der Waals surface area contributed by atoms with Gasteiger partial charge in [0.2, 0.25) is 11.9 Å². The highest BCUT2D eigenvalue weighted by molar-refractivity contribution is 6.07. The average Bonchev–Trinajstić information content (AvgIpc) is 3.37. The van der Waals surface area contributed by atoms with Gasteiger partial charge >= 0.3 is 0 Å². The number of rotatable bonds is 7. The fourth-order valence-electron chi connectivity index (χ4n) is 4.37. The molecule has 4 rings (SSSR count). The van der Waals surface area contributed by atoms with E-state index in [1.807, 2.05) is 11.9 Å². The molecule has 0 spiro atoms. The van der Waals surface area contributed by atoms with Crippen LogP contribution in [0.25, 0.3) is 0 Å². The van der Waals surface area contributed by atoms with Crippen molar-refractivity contribution in [3.05, 3.63) is 23.5 Å². The summed E-state index contributed by atoms with van der Waals surface area (Å²) in [5.41, 5.74) is 1.05. The zero-order valence-electron chi connectivity index (χ0n) is 17.1. The van der Waals surface area contributed by atoms with E-state index in [-0.39, 0.29) is 37.3 Å². The molecule has 2 amide bonds. The van der Waals surface area contributed by atoms with E-state index in [0.29, 0.717) is 36.1 Å². The van der Waals surface area contributed by atoms with Crippen molar-refractivity contribution in [3.8, 4) is 5.75 Å². The molecular formula is C21H27FN4O4. The normalized spacial score (nSPS) is 20.5. The van der Waals surface area contributed by atoms with Crippen LogP contribution in [0.1, 0.15) is 44.1 Å². The molecule has 1 saturated carbocycles. The monoisotopic (exact) mass is 418 g/mol. The first-order valence-electron chi connectivity index (χ1n) is 10.5. The van der Waals surface area contributed by atoms with Crippen molar-refractivity contribution in [3.63, 3.8) is 0 Å². The van der Waals surface area contributed by atoms with Gasteiger partial charge in [-0.15, -0.1) is 0 Å². The van der Waals surface area contributed by atoms with Crippen LogP contribution in [-0.2, 0) is 16.1 Å². The first-order chi connectivity index (χ1) is 14.5. The number of nitrogens with one attached hydrogen (secondary N) is 1. The van der Waals surface area contributed by atoms with Gasteiger partial charge in [-0.05, 0) is 31.4 Å². The lowest BCUT2D eigenvalue weighted by Gasteiger charge is -2.28. The zero-order valence-corrected chi connectivity index (χ0v) is 17.1. The fraction of sp³-hybridized carbons (Fsp3) is 0.571. The number of aliphatic hydroxyl groups is 1. The molecule has 1 aliphatic carbocycles. The highest BCUT2D eigenvalue weighted by Crippen LogP contribution is 2.37. The molecule has 0 radical (unpaired) electrons. The molecule has 1 aromatic carbocycles. The summed E-state index contributed by atoms with van der Waals surface area (Å²) in [6, 6.07) is 2.41. The Morgan fingerprint density at radius 2 is 2.17 bits per heavy atom. The van der Waals surface area contributed by atoms with Gasteiger partial charge in [-0.1, -0.05) is 12.8 Å². The number of hydrogen-bond donors (Lipinski definition) is 2. The van der Waals surface area contributed by atoms with E-state index in [1.54, 1.807) is 11.0 Å². The summed E-state index contributed by atoms with van der Waals surface area (Å²) in [6.45, 7) is 0.0473. The van der Waals surface area contributed by atoms with Crippen molar-refractivity contribution in [2.24, 2.45) is 4.99 Å². The number of amides is 2. The van der Waals surface area contributed by atoms with E-state index < -0.39 is 11.9 Å². The molecule has 2 fully saturated rings. The van der Waals surface area contributed by atoms with Gasteiger partial charge in [-0.3, -0.25) is 14.9 Å². The number of nitrogens with zero attached hydrogens (tertiary/aromatic N) is 3. The average molecular weight is 418 g/mol. The lowest BCUT2D eigenvalue weighted by molar-refractivity contribution is -0.132. The Morgan fingerprint density at radius 3 is 2.90 bits per heavy atom. The fourth-order valence-corrected chi connectivity index (χ4v) is 4.37. The van der Waals surface area contributed by atoms with Crippen LogP contribution in [0.15, 0.2) is 17.1 Å². The predicted octanol–water partition coefficient (Wildman–Crippen LogP) is 1.68. The summed E-state index contributed by atoms with van der Waals surface area (Å²) in [6.07, 6.45) is 5.29. The number of halogens is 1. The molecular weight excluding hydrogens is 391 g/mol. The minimum atomic E-state index is -0.753. The van der Waals surface area contributed by atoms with E-state index in [9.17, 15) is 19.1 Å². The minimum Gasteiger partial charge on any atom is -0.490 e. The molecule has 1 unspecified atom stereocenters. The van der Waals surface area contributed by atoms with Crippen LogP contribution < -0.4 is 10.1 Å². The molecule has 0 aromatic heterocycles. The van der Waals surface area contributed by atoms with E-state index in [4.69, 9.17) is 4.74 Å². The number of benzene rings is 1. The van der Waals surface area contributed by atoms with Crippen LogP contribution >= 0.6 is 0 Å². The summed E-state index contributed by atoms with van der Waals surface area (Å²) in [5.74, 6) is -0.326. The smallest absolute Gasteiger partial charge is 0.251 e. The topological polar surface area (TPSA) is 94.5 Å². The van der Waals surface area contributed by atoms with Gasteiger partial charge in [0.1, 0.15) is 6.04 Å². The molecule has 1 atom stereocenters. The van der Waals surface area contributed by atoms with E-state index in [0.717, 1.165) is 12.8 Å². The van der Waals surface area contributed by atoms with Crippen molar-refractivity contribution < 1.29 is 23.8 Å². The van der Waals surface area contributed by atoms with Crippen LogP contribution in [0, 0.1) is 5.82 Å². The highest BCUT2D eigenvalue weighted by Gasteiger charge is 2.39. The van der Waals surface area contributed by atoms with Crippen molar-refractivity contribution in [1.29, 1.82) is 0 Å². The van der Waals surface area contributed by atoms with Crippen molar-refractivity contribution in [2.45, 2.75) is 57.2 Å². The molecule has 3 aliphatic rings. The molecule has 162 valence electrons. The summed E-state index contributed by atoms with van der Waals surface area (Å²) in [4.78, 5) is 32.2. The van der Waals surface area contributed by atoms with Crippen molar-refractivity contribution in [1.82, 2.24) is 15.1 Å². The van der Waals surface area contributed by atoms with Gasteiger partial charge in [-0.25, -0.2) is 9.38 Å². The molecule has 30 heavy (non-hydrogen) atoms. The van der Waals surface area contributed by atoms with Gasteiger partial charge in [0, 0.05) is 25.1 Å². The summed E-state index contributed by atoms with van der Waals surface area (Å²) in [5, 5.41) is 12.1. The Labute approximate surface area is 174 Å². The van der Waals surface area contributed by atoms with Crippen LogP contribution in [0.2, 0.25) is 0 Å². The lowest BCUT2D eigenvalue weighted by atomic mass is 10.1. The lowest BCUT2D eigenvalue weighted by Crippen LogP contribution is -2.39. The Balaban J connectivity index is 1.39. The van der Waals surface area contributed by atoms with Crippen LogP contribution in [-0.4, -0.2) is 65.0 Å². The summed E-state index contributed by atoms with van der Waals surface area (Å²) in [7, 11) is 1.85. The number of guanidine groups is 1. The molecule has 1 saturated heterocycles. The van der Waals surface area contributed by atoms with Gasteiger partial charge in [-0.2, -0.15) is 0 Å². The number of carbonyl (C=O) groups is 2. The third kappa shape index (κ3) is 3.86. The first kappa shape index (κ1) is 20.6. The Bertz CT molecular complexity index is 869. The third-order valence-corrected chi connectivity index (χ3v) is 6.15. The van der Waals surface area contributed by atoms with E-state index in [2.05, 4.69) is 10.3 Å². The van der Waals surface area contributed by atoms with Gasteiger partial charge in [0.25, 0.3) is 5.91 Å². The van der Waals surface area contributed by atoms with Gasteiger partial charge in [0.15, 0.2) is 11.6 Å². The number of ether oxygens (including phenoxy) is 1. The van der Waals surface area contributed by atoms with Gasteiger partial charge in [0.05, 0.1) is 25.4 Å². The molecule has 2 aliphatic heterocycles. The number of aliphatic hydroxyl groups excluding tert-OH is 1. The number of hydrogen-bond acceptors (Lipinski definition) is 6. The third-order valence-electron chi connectivity index (χ3n) is 6.15. The van der Waals surface area contributed by atoms with Crippen LogP contribution in [0.3, 0.4) is 0 Å². The molecule has 8 nitrogen and oxygen atoms in total. The van der Waals surface area contributed by atoms with Crippen molar-refractivity contribution >= 4 is 23.5 Å². The quantitative estimate of drug-likeness (QED) is 0.657. The SMILES string of the molecule is CN(C(=O)CCCOc1c(F)ccc2c1CN1C(=N2)NC(=O)C1CO)C1CCCC1. The molecule has 0 bridgehead atoms. The maximum Gasteiger partial charge on any atom is 0.251 e. The second kappa shape index (κ2) is 8.59. The molecule has 1 aromatic rings. The summed E-state index contributed by atoms with van der Waals surface area (Å²) >= 11 is 0. The second-order valence-electron chi connectivity index (χ2n) is 8.02. The Kier molecular flexibility index (Phi) is 5.90. The van der Waals surface area contributed by atoms with Crippen molar-refractivity contribution in [2.75, 3.05) is 20.3 Å². The minimum absolute atomic E-state index is 0.0859. The molecule has 2 N–H and O–H groups in total. The number of aliphatic imine (C=N–C) groups is 1. The van der Waals surface area contributed by atoms with Crippen LogP contribution in [0.5, 0.6) is 5.75 Å². The number of carbonyl (C=O) groups excluding carboxylic acids is 2. The zero-order chi connectivity index (χ0) is 21.3. The molecule has 9 heteroatoms. The number of fused-ring (bicyclic) bond motifs is 2. The molecule has 2 heterocycles. The summed E-state index contributed by atoms with van der Waals surface area (Å²) < 4.78 is 20.2. The first-order valence-corrected chi connectivity index (χ1v) is 10.5. The van der Waals surface area contributed by atoms with Gasteiger partial charge < -0.3 is 19.6 Å². The Morgan fingerprint density at radius 1 is 1.40 bits per heavy atom. The van der Waals surface area contributed by atoms with Crippen LogP contribution in [0.4, 0.5) is 10.1 Å². The largest absolute Gasteiger partial charge is 0.490 e. The second-order valence-corrected chi connectivity index (χ2v) is 8.02. The predicted molar refractivity (Wildman–Crippen MR) is 108 cm³/mol. The standard InChI is InChI=1S/C21H27FN4O4/c1-25(13-5-2-3-6-13)18(28)7-4-10-30-19-14-11-26-17(12-27)20(29)24-21(26)23-16(14)9-8-15(19)22/h8-9,13,17,27H,2-7,10-12H2,1H3,(H,23,24,29). The maximum atomic E-state index is 14.5. The highest BCUT2D eigenvalue weighted by atomic mass is 19.1. The van der Waals surface area contributed by atoms with E-state index >= 15 is 0 Å². The Hall–Kier alpha value is -2.68. The maximum absolute atomic E-state index is 14.5.